The minimum atomic E-state index is -0.597. The highest BCUT2D eigenvalue weighted by atomic mass is 16.5. The summed E-state index contributed by atoms with van der Waals surface area (Å²) in [5.74, 6) is 0.236. The van der Waals surface area contributed by atoms with Gasteiger partial charge in [-0.05, 0) is 34.9 Å². The molecule has 0 bridgehead atoms. The highest BCUT2D eigenvalue weighted by molar-refractivity contribution is 6.00. The predicted octanol–water partition coefficient (Wildman–Crippen LogP) is 3.84. The standard InChI is InChI=1S/C27H27N3O3/c1-3-15-29-16-17-30(26(31)23-8-4-5-9-25(23)33-2)24(27(29)32)18-20-10-12-21(13-11-20)22-7-6-14-28-19-22/h3-14,19,24H,1,15-18H2,2H3/t24-/m0/s1. The molecule has 4 rings (SSSR count). The summed E-state index contributed by atoms with van der Waals surface area (Å²) in [4.78, 5) is 34.4. The van der Waals surface area contributed by atoms with Crippen molar-refractivity contribution in [1.82, 2.24) is 14.8 Å². The molecule has 6 nitrogen and oxygen atoms in total. The van der Waals surface area contributed by atoms with E-state index in [9.17, 15) is 9.59 Å². The van der Waals surface area contributed by atoms with Crippen LogP contribution in [0.4, 0.5) is 0 Å². The fraction of sp³-hybridized carbons (Fsp3) is 0.222. The first-order valence-corrected chi connectivity index (χ1v) is 11.0. The highest BCUT2D eigenvalue weighted by Gasteiger charge is 2.38. The molecular weight excluding hydrogens is 414 g/mol. The molecule has 6 heteroatoms. The highest BCUT2D eigenvalue weighted by Crippen LogP contribution is 2.25. The third kappa shape index (κ3) is 4.80. The first-order chi connectivity index (χ1) is 16.1. The van der Waals surface area contributed by atoms with E-state index in [0.29, 0.717) is 37.4 Å². The minimum absolute atomic E-state index is 0.0688. The van der Waals surface area contributed by atoms with Gasteiger partial charge in [-0.2, -0.15) is 0 Å². The number of ether oxygens (including phenoxy) is 1. The van der Waals surface area contributed by atoms with Gasteiger partial charge in [0.2, 0.25) is 5.91 Å². The molecule has 0 spiro atoms. The van der Waals surface area contributed by atoms with E-state index in [1.807, 2.05) is 48.7 Å². The quantitative estimate of drug-likeness (QED) is 0.523. The summed E-state index contributed by atoms with van der Waals surface area (Å²) in [6.45, 7) is 5.16. The number of rotatable bonds is 7. The van der Waals surface area contributed by atoms with E-state index in [1.165, 1.54) is 0 Å². The average Bonchev–Trinajstić information content (AvgIpc) is 2.87. The van der Waals surface area contributed by atoms with Crippen LogP contribution in [0.15, 0.2) is 85.7 Å². The SMILES string of the molecule is C=CCN1CCN(C(=O)c2ccccc2OC)[C@@H](Cc2ccc(-c3cccnc3)cc2)C1=O. The first kappa shape index (κ1) is 22.3. The number of nitrogens with zero attached hydrogens (tertiary/aromatic N) is 3. The third-order valence-electron chi connectivity index (χ3n) is 5.91. The second kappa shape index (κ2) is 10.1. The average molecular weight is 442 g/mol. The molecule has 2 heterocycles. The molecule has 0 unspecified atom stereocenters. The Labute approximate surface area is 194 Å². The van der Waals surface area contributed by atoms with Crippen molar-refractivity contribution in [2.24, 2.45) is 0 Å². The Kier molecular flexibility index (Phi) is 6.83. The van der Waals surface area contributed by atoms with Crippen LogP contribution in [-0.4, -0.2) is 59.4 Å². The van der Waals surface area contributed by atoms with Crippen LogP contribution >= 0.6 is 0 Å². The van der Waals surface area contributed by atoms with Crippen molar-refractivity contribution in [2.45, 2.75) is 12.5 Å². The van der Waals surface area contributed by atoms with E-state index in [2.05, 4.69) is 11.6 Å². The monoisotopic (exact) mass is 441 g/mol. The van der Waals surface area contributed by atoms with Crippen LogP contribution in [0.5, 0.6) is 5.75 Å². The smallest absolute Gasteiger partial charge is 0.258 e. The molecule has 33 heavy (non-hydrogen) atoms. The van der Waals surface area contributed by atoms with Crippen molar-refractivity contribution < 1.29 is 14.3 Å². The van der Waals surface area contributed by atoms with Gasteiger partial charge in [0.25, 0.3) is 5.91 Å². The summed E-state index contributed by atoms with van der Waals surface area (Å²) in [7, 11) is 1.54. The Morgan fingerprint density at radius 2 is 1.88 bits per heavy atom. The summed E-state index contributed by atoms with van der Waals surface area (Å²) >= 11 is 0. The molecule has 0 N–H and O–H groups in total. The van der Waals surface area contributed by atoms with Gasteiger partial charge in [-0.3, -0.25) is 14.6 Å². The number of aromatic nitrogens is 1. The molecule has 0 aliphatic carbocycles. The Morgan fingerprint density at radius 1 is 1.09 bits per heavy atom. The van der Waals surface area contributed by atoms with Crippen LogP contribution in [0, 0.1) is 0 Å². The number of hydrogen-bond acceptors (Lipinski definition) is 4. The molecule has 168 valence electrons. The number of carbonyl (C=O) groups excluding carboxylic acids is 2. The van der Waals surface area contributed by atoms with Gasteiger partial charge < -0.3 is 14.5 Å². The summed E-state index contributed by atoms with van der Waals surface area (Å²) in [6, 6.07) is 18.5. The van der Waals surface area contributed by atoms with Crippen molar-refractivity contribution in [3.63, 3.8) is 0 Å². The van der Waals surface area contributed by atoms with E-state index in [1.54, 1.807) is 47.4 Å². The molecule has 1 aromatic heterocycles. The molecule has 1 atom stereocenters. The van der Waals surface area contributed by atoms with Crippen LogP contribution in [0.25, 0.3) is 11.1 Å². The van der Waals surface area contributed by atoms with Gasteiger partial charge in [-0.1, -0.05) is 48.5 Å². The van der Waals surface area contributed by atoms with Gasteiger partial charge in [-0.25, -0.2) is 0 Å². The number of carbonyl (C=O) groups is 2. The maximum atomic E-state index is 13.5. The second-order valence-electron chi connectivity index (χ2n) is 7.93. The summed E-state index contributed by atoms with van der Waals surface area (Å²) in [5.41, 5.74) is 3.53. The van der Waals surface area contributed by atoms with E-state index in [0.717, 1.165) is 16.7 Å². The van der Waals surface area contributed by atoms with Crippen molar-refractivity contribution in [2.75, 3.05) is 26.7 Å². The van der Waals surface area contributed by atoms with Crippen molar-refractivity contribution in [1.29, 1.82) is 0 Å². The Balaban J connectivity index is 1.61. The van der Waals surface area contributed by atoms with Crippen molar-refractivity contribution in [3.8, 4) is 16.9 Å². The molecule has 1 aliphatic rings. The van der Waals surface area contributed by atoms with E-state index in [-0.39, 0.29) is 11.8 Å². The van der Waals surface area contributed by atoms with Crippen LogP contribution in [0.1, 0.15) is 15.9 Å². The number of piperazine rings is 1. The zero-order valence-electron chi connectivity index (χ0n) is 18.7. The molecular formula is C27H27N3O3. The van der Waals surface area contributed by atoms with Crippen molar-refractivity contribution in [3.05, 3.63) is 96.8 Å². The number of pyridine rings is 1. The van der Waals surface area contributed by atoms with Crippen LogP contribution in [0.2, 0.25) is 0 Å². The molecule has 1 saturated heterocycles. The maximum Gasteiger partial charge on any atom is 0.258 e. The lowest BCUT2D eigenvalue weighted by Gasteiger charge is -2.40. The number of methoxy groups -OCH3 is 1. The van der Waals surface area contributed by atoms with Gasteiger partial charge in [0.1, 0.15) is 11.8 Å². The Morgan fingerprint density at radius 3 is 2.58 bits per heavy atom. The molecule has 0 saturated carbocycles. The third-order valence-corrected chi connectivity index (χ3v) is 5.91. The van der Waals surface area contributed by atoms with Gasteiger partial charge in [0.15, 0.2) is 0 Å². The normalized spacial score (nSPS) is 15.9. The Hall–Kier alpha value is -3.93. The van der Waals surface area contributed by atoms with Crippen LogP contribution in [0.3, 0.4) is 0 Å². The lowest BCUT2D eigenvalue weighted by molar-refractivity contribution is -0.139. The van der Waals surface area contributed by atoms with E-state index in [4.69, 9.17) is 4.74 Å². The van der Waals surface area contributed by atoms with E-state index < -0.39 is 6.04 Å². The molecule has 2 aromatic carbocycles. The zero-order valence-corrected chi connectivity index (χ0v) is 18.7. The second-order valence-corrected chi connectivity index (χ2v) is 7.93. The van der Waals surface area contributed by atoms with Gasteiger partial charge >= 0.3 is 0 Å². The fourth-order valence-corrected chi connectivity index (χ4v) is 4.18. The lowest BCUT2D eigenvalue weighted by atomic mass is 9.98. The van der Waals surface area contributed by atoms with Crippen molar-refractivity contribution >= 4 is 11.8 Å². The van der Waals surface area contributed by atoms with Crippen LogP contribution < -0.4 is 4.74 Å². The number of para-hydroxylation sites is 1. The topological polar surface area (TPSA) is 62.7 Å². The fourth-order valence-electron chi connectivity index (χ4n) is 4.18. The number of amides is 2. The van der Waals surface area contributed by atoms with Gasteiger partial charge in [0.05, 0.1) is 12.7 Å². The molecule has 1 aliphatic heterocycles. The molecule has 1 fully saturated rings. The largest absolute Gasteiger partial charge is 0.496 e. The molecule has 2 amide bonds. The first-order valence-electron chi connectivity index (χ1n) is 11.0. The molecule has 3 aromatic rings. The summed E-state index contributed by atoms with van der Waals surface area (Å²) < 4.78 is 5.39. The molecule has 0 radical (unpaired) electrons. The maximum absolute atomic E-state index is 13.5. The minimum Gasteiger partial charge on any atom is -0.496 e. The zero-order chi connectivity index (χ0) is 23.2. The lowest BCUT2D eigenvalue weighted by Crippen LogP contribution is -2.59. The predicted molar refractivity (Wildman–Crippen MR) is 128 cm³/mol. The van der Waals surface area contributed by atoms with Gasteiger partial charge in [-0.15, -0.1) is 6.58 Å². The Bertz CT molecular complexity index is 1130. The number of hydrogen-bond donors (Lipinski definition) is 0. The van der Waals surface area contributed by atoms with Gasteiger partial charge in [0, 0.05) is 38.4 Å². The van der Waals surface area contributed by atoms with E-state index >= 15 is 0 Å². The summed E-state index contributed by atoms with van der Waals surface area (Å²) in [5, 5.41) is 0. The van der Waals surface area contributed by atoms with Crippen LogP contribution in [-0.2, 0) is 11.2 Å². The number of benzene rings is 2. The summed E-state index contributed by atoms with van der Waals surface area (Å²) in [6.07, 6.45) is 5.71.